The van der Waals surface area contributed by atoms with Crippen molar-refractivity contribution in [1.82, 2.24) is 15.0 Å². The van der Waals surface area contributed by atoms with E-state index in [4.69, 9.17) is 17.3 Å². The molecular weight excluding hydrogens is 258 g/mol. The summed E-state index contributed by atoms with van der Waals surface area (Å²) >= 11 is 7.41. The van der Waals surface area contributed by atoms with Gasteiger partial charge in [0, 0.05) is 11.1 Å². The highest BCUT2D eigenvalue weighted by Gasteiger charge is 2.08. The number of nitrogens with one attached hydrogen (secondary N) is 1. The highest BCUT2D eigenvalue weighted by atomic mass is 35.5. The van der Waals surface area contributed by atoms with Crippen LogP contribution in [0, 0.1) is 13.8 Å². The van der Waals surface area contributed by atoms with Gasteiger partial charge in [0.1, 0.15) is 5.01 Å². The van der Waals surface area contributed by atoms with Gasteiger partial charge in [-0.25, -0.2) is 9.97 Å². The third-order valence-electron chi connectivity index (χ3n) is 2.19. The van der Waals surface area contributed by atoms with Crippen LogP contribution in [0.25, 0.3) is 0 Å². The summed E-state index contributed by atoms with van der Waals surface area (Å²) in [6, 6.07) is 0. The second kappa shape index (κ2) is 4.85. The first-order chi connectivity index (χ1) is 8.06. The first-order valence-electron chi connectivity index (χ1n) is 5.01. The van der Waals surface area contributed by atoms with Crippen LogP contribution in [0.15, 0.2) is 6.20 Å². The Morgan fingerprint density at radius 1 is 1.41 bits per heavy atom. The number of halogens is 1. The van der Waals surface area contributed by atoms with Crippen LogP contribution in [-0.2, 0) is 6.54 Å². The van der Waals surface area contributed by atoms with Crippen molar-refractivity contribution in [2.75, 3.05) is 11.1 Å². The lowest BCUT2D eigenvalue weighted by Gasteiger charge is -2.08. The van der Waals surface area contributed by atoms with E-state index in [0.717, 1.165) is 5.01 Å². The summed E-state index contributed by atoms with van der Waals surface area (Å²) in [6.07, 6.45) is 1.84. The molecule has 0 unspecified atom stereocenters. The number of aromatic nitrogens is 3. The Balaban J connectivity index is 2.14. The van der Waals surface area contributed by atoms with E-state index in [-0.39, 0.29) is 5.28 Å². The van der Waals surface area contributed by atoms with Crippen molar-refractivity contribution >= 4 is 34.4 Å². The lowest BCUT2D eigenvalue weighted by Crippen LogP contribution is -2.07. The minimum atomic E-state index is 0.189. The van der Waals surface area contributed by atoms with Crippen molar-refractivity contribution in [3.63, 3.8) is 0 Å². The van der Waals surface area contributed by atoms with Gasteiger partial charge in [-0.15, -0.1) is 11.3 Å². The van der Waals surface area contributed by atoms with Gasteiger partial charge in [-0.3, -0.25) is 0 Å². The Morgan fingerprint density at radius 2 is 2.18 bits per heavy atom. The zero-order valence-corrected chi connectivity index (χ0v) is 11.1. The number of nitrogen functional groups attached to an aromatic ring is 1. The molecule has 0 aromatic carbocycles. The molecule has 0 saturated carbocycles. The molecule has 0 saturated heterocycles. The van der Waals surface area contributed by atoms with E-state index < -0.39 is 0 Å². The molecule has 2 aromatic heterocycles. The van der Waals surface area contributed by atoms with Gasteiger partial charge in [-0.05, 0) is 25.4 Å². The van der Waals surface area contributed by atoms with Crippen molar-refractivity contribution in [3.05, 3.63) is 27.1 Å². The molecule has 2 aromatic rings. The number of rotatable bonds is 3. The van der Waals surface area contributed by atoms with Gasteiger partial charge in [0.2, 0.25) is 5.28 Å². The molecule has 0 aliphatic heterocycles. The highest BCUT2D eigenvalue weighted by molar-refractivity contribution is 7.11. The lowest BCUT2D eigenvalue weighted by atomic mass is 10.3. The minimum absolute atomic E-state index is 0.189. The van der Waals surface area contributed by atoms with Crippen molar-refractivity contribution in [2.24, 2.45) is 0 Å². The van der Waals surface area contributed by atoms with Crippen molar-refractivity contribution < 1.29 is 0 Å². The maximum absolute atomic E-state index is 5.86. The normalized spacial score (nSPS) is 10.5. The molecule has 5 nitrogen and oxygen atoms in total. The molecule has 0 atom stereocenters. The predicted molar refractivity (Wildman–Crippen MR) is 70.4 cm³/mol. The number of anilines is 2. The molecule has 0 fully saturated rings. The fourth-order valence-electron chi connectivity index (χ4n) is 1.32. The SMILES string of the molecule is Cc1cnc(CNc2nc(Cl)nc(C)c2N)s1. The Kier molecular flexibility index (Phi) is 3.44. The van der Waals surface area contributed by atoms with Gasteiger partial charge in [0.15, 0.2) is 5.82 Å². The second-order valence-electron chi connectivity index (χ2n) is 3.56. The number of nitrogens with two attached hydrogens (primary N) is 1. The molecule has 90 valence electrons. The Morgan fingerprint density at radius 3 is 2.82 bits per heavy atom. The van der Waals surface area contributed by atoms with Crippen molar-refractivity contribution in [2.45, 2.75) is 20.4 Å². The summed E-state index contributed by atoms with van der Waals surface area (Å²) in [5, 5.41) is 4.28. The summed E-state index contributed by atoms with van der Waals surface area (Å²) in [7, 11) is 0. The van der Waals surface area contributed by atoms with Gasteiger partial charge in [0.25, 0.3) is 0 Å². The molecule has 0 amide bonds. The van der Waals surface area contributed by atoms with Crippen LogP contribution in [0.3, 0.4) is 0 Å². The molecule has 0 spiro atoms. The van der Waals surface area contributed by atoms with Gasteiger partial charge < -0.3 is 11.1 Å². The summed E-state index contributed by atoms with van der Waals surface area (Å²) in [5.74, 6) is 0.551. The zero-order chi connectivity index (χ0) is 12.4. The van der Waals surface area contributed by atoms with E-state index in [1.165, 1.54) is 4.88 Å². The van der Waals surface area contributed by atoms with Crippen molar-refractivity contribution in [3.8, 4) is 0 Å². The maximum atomic E-state index is 5.86. The maximum Gasteiger partial charge on any atom is 0.224 e. The van der Waals surface area contributed by atoms with Gasteiger partial charge in [-0.1, -0.05) is 0 Å². The largest absolute Gasteiger partial charge is 0.394 e. The standard InChI is InChI=1S/C10H12ClN5S/c1-5-3-13-7(17-5)4-14-9-8(12)6(2)15-10(11)16-9/h3H,4,12H2,1-2H3,(H,14,15,16). The van der Waals surface area contributed by atoms with Crippen LogP contribution >= 0.6 is 22.9 Å². The van der Waals surface area contributed by atoms with E-state index >= 15 is 0 Å². The van der Waals surface area contributed by atoms with Crippen LogP contribution in [0.4, 0.5) is 11.5 Å². The molecule has 2 heterocycles. The first kappa shape index (κ1) is 12.1. The van der Waals surface area contributed by atoms with E-state index in [2.05, 4.69) is 20.3 Å². The average Bonchev–Trinajstić information content (AvgIpc) is 2.67. The van der Waals surface area contributed by atoms with E-state index in [1.807, 2.05) is 13.1 Å². The lowest BCUT2D eigenvalue weighted by molar-refractivity contribution is 1.04. The number of hydrogen-bond donors (Lipinski definition) is 2. The first-order valence-corrected chi connectivity index (χ1v) is 6.20. The third-order valence-corrected chi connectivity index (χ3v) is 3.27. The van der Waals surface area contributed by atoms with Crippen molar-refractivity contribution in [1.29, 1.82) is 0 Å². The van der Waals surface area contributed by atoms with Crippen LogP contribution in [0.1, 0.15) is 15.6 Å². The van der Waals surface area contributed by atoms with E-state index in [1.54, 1.807) is 18.3 Å². The fraction of sp³-hybridized carbons (Fsp3) is 0.300. The monoisotopic (exact) mass is 269 g/mol. The number of thiazole rings is 1. The summed E-state index contributed by atoms with van der Waals surface area (Å²) in [6.45, 7) is 4.39. The van der Waals surface area contributed by atoms with Crippen LogP contribution in [0.5, 0.6) is 0 Å². The topological polar surface area (TPSA) is 76.7 Å². The highest BCUT2D eigenvalue weighted by Crippen LogP contribution is 2.21. The Hall–Kier alpha value is -1.40. The third kappa shape index (κ3) is 2.83. The van der Waals surface area contributed by atoms with Gasteiger partial charge in [-0.2, -0.15) is 4.98 Å². The fourth-order valence-corrected chi connectivity index (χ4v) is 2.26. The molecule has 7 heteroatoms. The quantitative estimate of drug-likeness (QED) is 0.837. The van der Waals surface area contributed by atoms with Gasteiger partial charge >= 0.3 is 0 Å². The second-order valence-corrected chi connectivity index (χ2v) is 5.22. The van der Waals surface area contributed by atoms with E-state index in [9.17, 15) is 0 Å². The smallest absolute Gasteiger partial charge is 0.224 e. The molecule has 0 bridgehead atoms. The summed E-state index contributed by atoms with van der Waals surface area (Å²) < 4.78 is 0. The van der Waals surface area contributed by atoms with Crippen LogP contribution in [-0.4, -0.2) is 15.0 Å². The molecule has 0 aliphatic rings. The molecule has 0 radical (unpaired) electrons. The number of hydrogen-bond acceptors (Lipinski definition) is 6. The molecule has 0 aliphatic carbocycles. The summed E-state index contributed by atoms with van der Waals surface area (Å²) in [5.41, 5.74) is 7.04. The predicted octanol–water partition coefficient (Wildman–Crippen LogP) is 2.40. The Bertz CT molecular complexity index is 539. The van der Waals surface area contributed by atoms with Crippen LogP contribution < -0.4 is 11.1 Å². The summed E-state index contributed by atoms with van der Waals surface area (Å²) in [4.78, 5) is 13.4. The Labute approximate surface area is 108 Å². The average molecular weight is 270 g/mol. The van der Waals surface area contributed by atoms with Gasteiger partial charge in [0.05, 0.1) is 17.9 Å². The zero-order valence-electron chi connectivity index (χ0n) is 9.49. The molecule has 3 N–H and O–H groups in total. The van der Waals surface area contributed by atoms with Crippen LogP contribution in [0.2, 0.25) is 5.28 Å². The molecule has 17 heavy (non-hydrogen) atoms. The molecular formula is C10H12ClN5S. The number of nitrogens with zero attached hydrogens (tertiary/aromatic N) is 3. The minimum Gasteiger partial charge on any atom is -0.394 e. The van der Waals surface area contributed by atoms with E-state index in [0.29, 0.717) is 23.7 Å². The molecule has 2 rings (SSSR count). The number of aryl methyl sites for hydroxylation is 2.